The van der Waals surface area contributed by atoms with Crippen LogP contribution in [0.1, 0.15) is 11.1 Å². The van der Waals surface area contributed by atoms with E-state index < -0.39 is 10.0 Å². The van der Waals surface area contributed by atoms with E-state index in [1.165, 1.54) is 17.8 Å². The number of hydrogen-bond donors (Lipinski definition) is 1. The zero-order chi connectivity index (χ0) is 20.6. The van der Waals surface area contributed by atoms with E-state index in [1.54, 1.807) is 24.3 Å². The van der Waals surface area contributed by atoms with Crippen molar-refractivity contribution in [1.82, 2.24) is 9.62 Å². The lowest BCUT2D eigenvalue weighted by Crippen LogP contribution is -2.40. The molecule has 0 aliphatic rings. The van der Waals surface area contributed by atoms with Crippen LogP contribution in [-0.4, -0.2) is 43.7 Å². The Kier molecular flexibility index (Phi) is 8.75. The summed E-state index contributed by atoms with van der Waals surface area (Å²) in [5.74, 6) is 0.207. The zero-order valence-electron chi connectivity index (χ0n) is 15.4. The highest BCUT2D eigenvalue weighted by Gasteiger charge is 2.20. The van der Waals surface area contributed by atoms with Gasteiger partial charge in [0.15, 0.2) is 0 Å². The van der Waals surface area contributed by atoms with E-state index in [0.29, 0.717) is 28.6 Å². The lowest BCUT2D eigenvalue weighted by molar-refractivity contribution is -0.121. The van der Waals surface area contributed by atoms with Gasteiger partial charge in [-0.15, -0.1) is 0 Å². The van der Waals surface area contributed by atoms with Gasteiger partial charge in [0.2, 0.25) is 15.9 Å². The molecule has 152 valence electrons. The third-order valence-corrected chi connectivity index (χ3v) is 6.40. The molecule has 1 amide bonds. The van der Waals surface area contributed by atoms with E-state index in [4.69, 9.17) is 11.6 Å². The average Bonchev–Trinajstić information content (AvgIpc) is 2.63. The second-order valence-corrected chi connectivity index (χ2v) is 9.61. The van der Waals surface area contributed by atoms with Gasteiger partial charge in [-0.3, -0.25) is 4.79 Å². The predicted molar refractivity (Wildman–Crippen MR) is 112 cm³/mol. The van der Waals surface area contributed by atoms with Gasteiger partial charge in [0.1, 0.15) is 5.82 Å². The second-order valence-electron chi connectivity index (χ2n) is 6.12. The molecule has 0 unspecified atom stereocenters. The average molecular weight is 445 g/mol. The van der Waals surface area contributed by atoms with Crippen LogP contribution in [0.3, 0.4) is 0 Å². The van der Waals surface area contributed by atoms with Gasteiger partial charge in [-0.1, -0.05) is 48.0 Å². The molecule has 2 rings (SSSR count). The number of benzene rings is 2. The zero-order valence-corrected chi connectivity index (χ0v) is 17.8. The van der Waals surface area contributed by atoms with Crippen LogP contribution in [0.2, 0.25) is 5.02 Å². The Hall–Kier alpha value is -1.61. The number of carbonyl (C=O) groups excluding carboxylic acids is 1. The quantitative estimate of drug-likeness (QED) is 0.571. The molecule has 0 atom stereocenters. The first-order valence-electron chi connectivity index (χ1n) is 8.53. The Morgan fingerprint density at radius 1 is 1.18 bits per heavy atom. The first kappa shape index (κ1) is 22.7. The number of halogens is 2. The molecular formula is C19H22ClFN2O3S2. The summed E-state index contributed by atoms with van der Waals surface area (Å²) in [5.41, 5.74) is 1.24. The van der Waals surface area contributed by atoms with E-state index >= 15 is 0 Å². The van der Waals surface area contributed by atoms with Gasteiger partial charge in [-0.25, -0.2) is 12.8 Å². The molecule has 0 saturated carbocycles. The standard InChI is InChI=1S/C19H22ClFN2O3S2/c1-28(25,26)23(12-15-6-3-2-4-7-15)13-19(24)22-10-11-27-14-16-17(20)8-5-9-18(16)21/h2-9H,10-14H2,1H3,(H,22,24). The number of sulfonamides is 1. The van der Waals surface area contributed by atoms with Gasteiger partial charge in [0.05, 0.1) is 12.8 Å². The highest BCUT2D eigenvalue weighted by molar-refractivity contribution is 7.98. The molecule has 2 aromatic rings. The SMILES string of the molecule is CS(=O)(=O)N(CC(=O)NCCSCc1c(F)cccc1Cl)Cc1ccccc1. The lowest BCUT2D eigenvalue weighted by atomic mass is 10.2. The van der Waals surface area contributed by atoms with Crippen molar-refractivity contribution in [3.63, 3.8) is 0 Å². The maximum absolute atomic E-state index is 13.7. The largest absolute Gasteiger partial charge is 0.354 e. The van der Waals surface area contributed by atoms with E-state index in [1.807, 2.05) is 18.2 Å². The van der Waals surface area contributed by atoms with Crippen LogP contribution in [0.4, 0.5) is 4.39 Å². The normalized spacial score (nSPS) is 11.6. The molecule has 0 saturated heterocycles. The smallest absolute Gasteiger partial charge is 0.235 e. The van der Waals surface area contributed by atoms with Gasteiger partial charge in [0, 0.05) is 35.2 Å². The lowest BCUT2D eigenvalue weighted by Gasteiger charge is -2.19. The second kappa shape index (κ2) is 10.8. The fourth-order valence-electron chi connectivity index (χ4n) is 2.40. The van der Waals surface area contributed by atoms with Crippen molar-refractivity contribution in [3.8, 4) is 0 Å². The Morgan fingerprint density at radius 3 is 2.54 bits per heavy atom. The summed E-state index contributed by atoms with van der Waals surface area (Å²) in [6.45, 7) is 0.226. The molecular weight excluding hydrogens is 423 g/mol. The van der Waals surface area contributed by atoms with Crippen molar-refractivity contribution in [3.05, 3.63) is 70.5 Å². The molecule has 1 N–H and O–H groups in total. The van der Waals surface area contributed by atoms with Gasteiger partial charge in [0.25, 0.3) is 0 Å². The summed E-state index contributed by atoms with van der Waals surface area (Å²) >= 11 is 7.41. The van der Waals surface area contributed by atoms with Crippen molar-refractivity contribution < 1.29 is 17.6 Å². The minimum atomic E-state index is -3.53. The van der Waals surface area contributed by atoms with E-state index in [9.17, 15) is 17.6 Å². The van der Waals surface area contributed by atoms with Gasteiger partial charge in [-0.05, 0) is 17.7 Å². The summed E-state index contributed by atoms with van der Waals surface area (Å²) in [6, 6.07) is 13.6. The number of hydrogen-bond acceptors (Lipinski definition) is 4. The van der Waals surface area contributed by atoms with E-state index in [2.05, 4.69) is 5.32 Å². The van der Waals surface area contributed by atoms with Crippen molar-refractivity contribution in [2.45, 2.75) is 12.3 Å². The number of nitrogens with zero attached hydrogens (tertiary/aromatic N) is 1. The van der Waals surface area contributed by atoms with Crippen LogP contribution in [0.15, 0.2) is 48.5 Å². The summed E-state index contributed by atoms with van der Waals surface area (Å²) in [7, 11) is -3.53. The summed E-state index contributed by atoms with van der Waals surface area (Å²) in [4.78, 5) is 12.1. The highest BCUT2D eigenvalue weighted by Crippen LogP contribution is 2.23. The first-order chi connectivity index (χ1) is 13.3. The van der Waals surface area contributed by atoms with E-state index in [0.717, 1.165) is 16.1 Å². The number of thioether (sulfide) groups is 1. The maximum Gasteiger partial charge on any atom is 0.235 e. The summed E-state index contributed by atoms with van der Waals surface area (Å²) in [6.07, 6.45) is 1.08. The monoisotopic (exact) mass is 444 g/mol. The Labute approximate surface area is 174 Å². The molecule has 0 aromatic heterocycles. The molecule has 0 radical (unpaired) electrons. The molecule has 2 aromatic carbocycles. The molecule has 28 heavy (non-hydrogen) atoms. The Morgan fingerprint density at radius 2 is 1.89 bits per heavy atom. The molecule has 0 spiro atoms. The number of carbonyl (C=O) groups is 1. The summed E-state index contributed by atoms with van der Waals surface area (Å²) in [5, 5.41) is 3.07. The minimum absolute atomic E-state index is 0.133. The Balaban J connectivity index is 1.78. The van der Waals surface area contributed by atoms with Crippen molar-refractivity contribution >= 4 is 39.3 Å². The topological polar surface area (TPSA) is 66.5 Å². The van der Waals surface area contributed by atoms with Crippen molar-refractivity contribution in [2.75, 3.05) is 25.1 Å². The Bertz CT molecular complexity index is 875. The number of rotatable bonds is 10. The molecule has 0 bridgehead atoms. The van der Waals surface area contributed by atoms with Crippen LogP contribution >= 0.6 is 23.4 Å². The molecule has 0 heterocycles. The molecule has 0 fully saturated rings. The van der Waals surface area contributed by atoms with Gasteiger partial charge < -0.3 is 5.32 Å². The van der Waals surface area contributed by atoms with Crippen molar-refractivity contribution in [1.29, 1.82) is 0 Å². The third-order valence-electron chi connectivity index (χ3n) is 3.87. The number of amides is 1. The van der Waals surface area contributed by atoms with E-state index in [-0.39, 0.29) is 24.8 Å². The third kappa shape index (κ3) is 7.43. The molecule has 9 heteroatoms. The van der Waals surface area contributed by atoms with Crippen LogP contribution in [0, 0.1) is 5.82 Å². The van der Waals surface area contributed by atoms with Gasteiger partial charge >= 0.3 is 0 Å². The predicted octanol–water partition coefficient (Wildman–Crippen LogP) is 3.29. The minimum Gasteiger partial charge on any atom is -0.354 e. The highest BCUT2D eigenvalue weighted by atomic mass is 35.5. The fraction of sp³-hybridized carbons (Fsp3) is 0.316. The van der Waals surface area contributed by atoms with Crippen LogP contribution < -0.4 is 5.32 Å². The maximum atomic E-state index is 13.7. The number of nitrogens with one attached hydrogen (secondary N) is 1. The van der Waals surface area contributed by atoms with Crippen molar-refractivity contribution in [2.24, 2.45) is 0 Å². The van der Waals surface area contributed by atoms with Crippen LogP contribution in [0.25, 0.3) is 0 Å². The van der Waals surface area contributed by atoms with Crippen LogP contribution in [-0.2, 0) is 27.1 Å². The molecule has 0 aliphatic carbocycles. The first-order valence-corrected chi connectivity index (χ1v) is 11.9. The fourth-order valence-corrected chi connectivity index (χ4v) is 4.33. The van der Waals surface area contributed by atoms with Crippen LogP contribution in [0.5, 0.6) is 0 Å². The molecule has 0 aliphatic heterocycles. The molecule has 5 nitrogen and oxygen atoms in total. The summed E-state index contributed by atoms with van der Waals surface area (Å²) < 4.78 is 38.7. The van der Waals surface area contributed by atoms with Gasteiger partial charge in [-0.2, -0.15) is 16.1 Å².